The predicted molar refractivity (Wildman–Crippen MR) is 115 cm³/mol. The number of ether oxygens (including phenoxy) is 2. The quantitative estimate of drug-likeness (QED) is 0.426. The zero-order chi connectivity index (χ0) is 23.7. The fourth-order valence-corrected chi connectivity index (χ4v) is 3.53. The second-order valence-corrected chi connectivity index (χ2v) is 7.14. The molecule has 2 heterocycles. The second-order valence-electron chi connectivity index (χ2n) is 7.14. The number of rotatable bonds is 7. The third kappa shape index (κ3) is 4.09. The molecule has 2 aromatic carbocycles. The standard InChI is InChI=1S/C22H20F3N5O3/c1-29-10-26-9-16(29)12-4-5-15-14(6-12)27-11-30(15)13-7-17(32-2)19(18(8-13)33-3)22(31)28-21(25)20(23)24/h4-11,20-21H,1-3H3,(H,28,31). The highest BCUT2D eigenvalue weighted by Crippen LogP contribution is 2.34. The Labute approximate surface area is 186 Å². The fourth-order valence-electron chi connectivity index (χ4n) is 3.53. The summed E-state index contributed by atoms with van der Waals surface area (Å²) in [5.74, 6) is -1.03. The van der Waals surface area contributed by atoms with Crippen molar-refractivity contribution < 1.29 is 27.4 Å². The van der Waals surface area contributed by atoms with E-state index in [1.807, 2.05) is 29.8 Å². The first-order valence-corrected chi connectivity index (χ1v) is 9.77. The van der Waals surface area contributed by atoms with Crippen molar-refractivity contribution in [3.8, 4) is 28.4 Å². The highest BCUT2D eigenvalue weighted by molar-refractivity contribution is 6.00. The topological polar surface area (TPSA) is 83.2 Å². The summed E-state index contributed by atoms with van der Waals surface area (Å²) < 4.78 is 52.7. The highest BCUT2D eigenvalue weighted by atomic mass is 19.3. The Morgan fingerprint density at radius 3 is 2.33 bits per heavy atom. The van der Waals surface area contributed by atoms with Gasteiger partial charge in [-0.1, -0.05) is 6.07 Å². The zero-order valence-corrected chi connectivity index (χ0v) is 17.9. The average Bonchev–Trinajstić information content (AvgIpc) is 3.43. The van der Waals surface area contributed by atoms with Crippen LogP contribution in [0.4, 0.5) is 13.2 Å². The van der Waals surface area contributed by atoms with E-state index >= 15 is 0 Å². The molecule has 0 bridgehead atoms. The van der Waals surface area contributed by atoms with Crippen molar-refractivity contribution in [2.24, 2.45) is 7.05 Å². The van der Waals surface area contributed by atoms with Crippen molar-refractivity contribution in [2.45, 2.75) is 12.7 Å². The van der Waals surface area contributed by atoms with Gasteiger partial charge in [-0.25, -0.2) is 23.1 Å². The number of fused-ring (bicyclic) bond motifs is 1. The Balaban J connectivity index is 1.76. The first-order valence-electron chi connectivity index (χ1n) is 9.77. The van der Waals surface area contributed by atoms with E-state index in [9.17, 15) is 18.0 Å². The number of amides is 1. The van der Waals surface area contributed by atoms with Gasteiger partial charge in [0.25, 0.3) is 12.3 Å². The number of imidazole rings is 2. The molecular formula is C22H20F3N5O3. The van der Waals surface area contributed by atoms with Gasteiger partial charge in [0.2, 0.25) is 6.30 Å². The van der Waals surface area contributed by atoms with E-state index in [4.69, 9.17) is 9.47 Å². The molecule has 0 spiro atoms. The molecule has 2 aromatic heterocycles. The molecular weight excluding hydrogens is 439 g/mol. The Bertz CT molecular complexity index is 1290. The summed E-state index contributed by atoms with van der Waals surface area (Å²) in [6.07, 6.45) is -1.12. The fraction of sp³-hybridized carbons (Fsp3) is 0.227. The second kappa shape index (κ2) is 8.85. The molecule has 1 amide bonds. The highest BCUT2D eigenvalue weighted by Gasteiger charge is 2.27. The maximum Gasteiger partial charge on any atom is 0.287 e. The van der Waals surface area contributed by atoms with Crippen LogP contribution in [0.15, 0.2) is 49.2 Å². The van der Waals surface area contributed by atoms with Crippen LogP contribution in [0, 0.1) is 0 Å². The van der Waals surface area contributed by atoms with Crippen molar-refractivity contribution >= 4 is 16.9 Å². The average molecular weight is 459 g/mol. The molecule has 0 aliphatic heterocycles. The Morgan fingerprint density at radius 2 is 1.76 bits per heavy atom. The van der Waals surface area contributed by atoms with E-state index in [1.165, 1.54) is 26.4 Å². The van der Waals surface area contributed by atoms with Gasteiger partial charge in [0.1, 0.15) is 23.4 Å². The molecule has 8 nitrogen and oxygen atoms in total. The number of methoxy groups -OCH3 is 2. The van der Waals surface area contributed by atoms with Gasteiger partial charge < -0.3 is 19.4 Å². The van der Waals surface area contributed by atoms with E-state index in [2.05, 4.69) is 9.97 Å². The molecule has 0 saturated heterocycles. The third-order valence-electron chi connectivity index (χ3n) is 5.15. The lowest BCUT2D eigenvalue weighted by Crippen LogP contribution is -2.36. The number of carbonyl (C=O) groups is 1. The Morgan fingerprint density at radius 1 is 1.06 bits per heavy atom. The van der Waals surface area contributed by atoms with Crippen LogP contribution in [-0.2, 0) is 7.05 Å². The van der Waals surface area contributed by atoms with Crippen LogP contribution in [0.3, 0.4) is 0 Å². The molecule has 0 fully saturated rings. The number of benzene rings is 2. The number of nitrogens with zero attached hydrogens (tertiary/aromatic N) is 4. The van der Waals surface area contributed by atoms with Crippen LogP contribution in [0.25, 0.3) is 28.0 Å². The predicted octanol–water partition coefficient (Wildman–Crippen LogP) is 3.73. The minimum Gasteiger partial charge on any atom is -0.496 e. The van der Waals surface area contributed by atoms with Gasteiger partial charge >= 0.3 is 0 Å². The van der Waals surface area contributed by atoms with Crippen LogP contribution >= 0.6 is 0 Å². The number of hydrogen-bond acceptors (Lipinski definition) is 5. The SMILES string of the molecule is COc1cc(-n2cnc3cc(-c4cncn4C)ccc32)cc(OC)c1C(=O)NC(F)C(F)F. The lowest BCUT2D eigenvalue weighted by atomic mass is 10.1. The van der Waals surface area contributed by atoms with Crippen molar-refractivity contribution in [1.82, 2.24) is 24.4 Å². The molecule has 4 aromatic rings. The molecule has 1 atom stereocenters. The summed E-state index contributed by atoms with van der Waals surface area (Å²) in [5, 5.41) is 1.61. The van der Waals surface area contributed by atoms with Gasteiger partial charge in [0, 0.05) is 24.7 Å². The van der Waals surface area contributed by atoms with Crippen molar-refractivity contribution in [3.63, 3.8) is 0 Å². The van der Waals surface area contributed by atoms with Gasteiger partial charge in [-0.15, -0.1) is 0 Å². The van der Waals surface area contributed by atoms with Gasteiger partial charge in [-0.3, -0.25) is 9.36 Å². The summed E-state index contributed by atoms with van der Waals surface area (Å²) in [5.41, 5.74) is 3.70. The van der Waals surface area contributed by atoms with Crippen LogP contribution in [0.5, 0.6) is 11.5 Å². The monoisotopic (exact) mass is 459 g/mol. The smallest absolute Gasteiger partial charge is 0.287 e. The number of nitrogens with one attached hydrogen (secondary N) is 1. The molecule has 11 heteroatoms. The minimum atomic E-state index is -3.36. The van der Waals surface area contributed by atoms with E-state index in [-0.39, 0.29) is 17.1 Å². The van der Waals surface area contributed by atoms with E-state index in [0.29, 0.717) is 11.2 Å². The van der Waals surface area contributed by atoms with Crippen LogP contribution < -0.4 is 14.8 Å². The lowest BCUT2D eigenvalue weighted by Gasteiger charge is -2.17. The maximum atomic E-state index is 13.4. The van der Waals surface area contributed by atoms with Crippen LogP contribution in [0.1, 0.15) is 10.4 Å². The van der Waals surface area contributed by atoms with Crippen LogP contribution in [-0.4, -0.2) is 51.9 Å². The number of hydrogen-bond donors (Lipinski definition) is 1. The molecule has 172 valence electrons. The normalized spacial score (nSPS) is 12.2. The number of carbonyl (C=O) groups excluding carboxylic acids is 1. The van der Waals surface area contributed by atoms with Gasteiger partial charge in [-0.2, -0.15) is 0 Å². The first kappa shape index (κ1) is 22.2. The maximum absolute atomic E-state index is 13.4. The third-order valence-corrected chi connectivity index (χ3v) is 5.15. The molecule has 4 rings (SSSR count). The molecule has 1 N–H and O–H groups in total. The van der Waals surface area contributed by atoms with Gasteiger partial charge in [-0.05, 0) is 12.1 Å². The summed E-state index contributed by atoms with van der Waals surface area (Å²) in [6, 6.07) is 8.78. The Kier molecular flexibility index (Phi) is 5.95. The van der Waals surface area contributed by atoms with Crippen molar-refractivity contribution in [2.75, 3.05) is 14.2 Å². The van der Waals surface area contributed by atoms with E-state index in [1.54, 1.807) is 28.7 Å². The summed E-state index contributed by atoms with van der Waals surface area (Å²) in [4.78, 5) is 21.0. The van der Waals surface area contributed by atoms with Gasteiger partial charge in [0.05, 0.1) is 49.2 Å². The summed E-state index contributed by atoms with van der Waals surface area (Å²) in [7, 11) is 4.51. The molecule has 0 aliphatic carbocycles. The Hall–Kier alpha value is -4.02. The number of aryl methyl sites for hydroxylation is 1. The van der Waals surface area contributed by atoms with Gasteiger partial charge in [0.15, 0.2) is 0 Å². The minimum absolute atomic E-state index is 0.0247. The molecule has 1 unspecified atom stereocenters. The molecule has 33 heavy (non-hydrogen) atoms. The largest absolute Gasteiger partial charge is 0.496 e. The molecule has 0 radical (unpaired) electrons. The first-order chi connectivity index (χ1) is 15.8. The van der Waals surface area contributed by atoms with Crippen molar-refractivity contribution in [3.05, 3.63) is 54.7 Å². The summed E-state index contributed by atoms with van der Waals surface area (Å²) >= 11 is 0. The van der Waals surface area contributed by atoms with E-state index < -0.39 is 18.6 Å². The number of aromatic nitrogens is 4. The number of alkyl halides is 3. The van der Waals surface area contributed by atoms with Crippen LogP contribution in [0.2, 0.25) is 0 Å². The van der Waals surface area contributed by atoms with Crippen molar-refractivity contribution in [1.29, 1.82) is 0 Å². The van der Waals surface area contributed by atoms with E-state index in [0.717, 1.165) is 16.8 Å². The zero-order valence-electron chi connectivity index (χ0n) is 17.9. The lowest BCUT2D eigenvalue weighted by molar-refractivity contribution is 0.0285. The summed E-state index contributed by atoms with van der Waals surface area (Å²) in [6.45, 7) is 0. The molecule has 0 saturated carbocycles. The molecule has 0 aliphatic rings. The number of halogens is 3.